The fourth-order valence-electron chi connectivity index (χ4n) is 1.71. The lowest BCUT2D eigenvalue weighted by Gasteiger charge is -2.08. The van der Waals surface area contributed by atoms with Crippen molar-refractivity contribution in [3.05, 3.63) is 64.7 Å². The highest BCUT2D eigenvalue weighted by Crippen LogP contribution is 2.16. The first-order valence-electron chi connectivity index (χ1n) is 6.13. The lowest BCUT2D eigenvalue weighted by Crippen LogP contribution is -2.22. The lowest BCUT2D eigenvalue weighted by molar-refractivity contribution is -0.0498. The molecule has 0 aliphatic rings. The lowest BCUT2D eigenvalue weighted by atomic mass is 10.2. The molecule has 110 valence electrons. The van der Waals surface area contributed by atoms with Crippen LogP contribution >= 0.6 is 11.6 Å². The Morgan fingerprint density at radius 2 is 1.81 bits per heavy atom. The summed E-state index contributed by atoms with van der Waals surface area (Å²) in [7, 11) is 0. The molecule has 0 unspecified atom stereocenters. The first-order valence-corrected chi connectivity index (χ1v) is 6.50. The molecule has 2 aromatic rings. The molecule has 2 rings (SSSR count). The van der Waals surface area contributed by atoms with E-state index in [1.54, 1.807) is 12.1 Å². The monoisotopic (exact) mass is 311 g/mol. The number of amides is 1. The van der Waals surface area contributed by atoms with Crippen LogP contribution in [0.4, 0.5) is 8.78 Å². The van der Waals surface area contributed by atoms with Crippen LogP contribution in [0.2, 0.25) is 5.02 Å². The molecular weight excluding hydrogens is 300 g/mol. The fourth-order valence-corrected chi connectivity index (χ4v) is 1.91. The van der Waals surface area contributed by atoms with Crippen LogP contribution in [0.5, 0.6) is 5.75 Å². The van der Waals surface area contributed by atoms with Crippen molar-refractivity contribution in [1.82, 2.24) is 5.32 Å². The number of benzene rings is 2. The second-order valence-electron chi connectivity index (χ2n) is 4.18. The van der Waals surface area contributed by atoms with Gasteiger partial charge in [-0.2, -0.15) is 8.78 Å². The fraction of sp³-hybridized carbons (Fsp3) is 0.133. The number of hydrogen-bond acceptors (Lipinski definition) is 2. The van der Waals surface area contributed by atoms with Gasteiger partial charge in [0.1, 0.15) is 5.75 Å². The van der Waals surface area contributed by atoms with Crippen molar-refractivity contribution >= 4 is 17.5 Å². The van der Waals surface area contributed by atoms with E-state index in [0.29, 0.717) is 10.6 Å². The number of rotatable bonds is 5. The second kappa shape index (κ2) is 7.04. The zero-order valence-corrected chi connectivity index (χ0v) is 11.6. The van der Waals surface area contributed by atoms with Crippen LogP contribution in [0.25, 0.3) is 0 Å². The summed E-state index contributed by atoms with van der Waals surface area (Å²) in [6.45, 7) is -2.60. The topological polar surface area (TPSA) is 38.3 Å². The van der Waals surface area contributed by atoms with Crippen LogP contribution < -0.4 is 10.1 Å². The SMILES string of the molecule is O=C(NCc1ccccc1Cl)c1ccc(OC(F)F)cc1. The first kappa shape index (κ1) is 15.3. The van der Waals surface area contributed by atoms with Crippen molar-refractivity contribution in [3.63, 3.8) is 0 Å². The largest absolute Gasteiger partial charge is 0.435 e. The van der Waals surface area contributed by atoms with Crippen LogP contribution in [0, 0.1) is 0 Å². The highest BCUT2D eigenvalue weighted by molar-refractivity contribution is 6.31. The number of alkyl halides is 2. The van der Waals surface area contributed by atoms with Crippen molar-refractivity contribution in [2.45, 2.75) is 13.2 Å². The number of hydrogen-bond donors (Lipinski definition) is 1. The number of ether oxygens (including phenoxy) is 1. The van der Waals surface area contributed by atoms with E-state index in [9.17, 15) is 13.6 Å². The van der Waals surface area contributed by atoms with Gasteiger partial charge < -0.3 is 10.1 Å². The molecule has 0 radical (unpaired) electrons. The summed E-state index contributed by atoms with van der Waals surface area (Å²) in [4.78, 5) is 11.9. The third-order valence-corrected chi connectivity index (χ3v) is 3.11. The zero-order valence-electron chi connectivity index (χ0n) is 10.9. The van der Waals surface area contributed by atoms with E-state index in [1.165, 1.54) is 24.3 Å². The third kappa shape index (κ3) is 4.43. The Morgan fingerprint density at radius 3 is 2.43 bits per heavy atom. The Labute approximate surface area is 125 Å². The molecule has 0 saturated carbocycles. The maximum Gasteiger partial charge on any atom is 0.387 e. The summed E-state index contributed by atoms with van der Waals surface area (Å²) < 4.78 is 28.2. The molecule has 0 aliphatic heterocycles. The van der Waals surface area contributed by atoms with Crippen LogP contribution in [-0.2, 0) is 6.54 Å². The van der Waals surface area contributed by atoms with Crippen molar-refractivity contribution < 1.29 is 18.3 Å². The van der Waals surface area contributed by atoms with Gasteiger partial charge in [-0.05, 0) is 35.9 Å². The van der Waals surface area contributed by atoms with Gasteiger partial charge in [-0.3, -0.25) is 4.79 Å². The summed E-state index contributed by atoms with van der Waals surface area (Å²) in [6, 6.07) is 12.6. The summed E-state index contributed by atoms with van der Waals surface area (Å²) >= 11 is 5.98. The van der Waals surface area contributed by atoms with Crippen LogP contribution in [0.1, 0.15) is 15.9 Å². The molecule has 0 bridgehead atoms. The molecule has 1 N–H and O–H groups in total. The predicted molar refractivity (Wildman–Crippen MR) is 75.7 cm³/mol. The quantitative estimate of drug-likeness (QED) is 0.910. The van der Waals surface area contributed by atoms with Gasteiger partial charge in [-0.25, -0.2) is 0 Å². The Kier molecular flexibility index (Phi) is 5.11. The van der Waals surface area contributed by atoms with Crippen LogP contribution in [0.15, 0.2) is 48.5 Å². The molecule has 0 fully saturated rings. The van der Waals surface area contributed by atoms with Crippen molar-refractivity contribution in [2.75, 3.05) is 0 Å². The van der Waals surface area contributed by atoms with E-state index in [2.05, 4.69) is 10.1 Å². The van der Waals surface area contributed by atoms with Crippen molar-refractivity contribution in [1.29, 1.82) is 0 Å². The molecule has 0 aromatic heterocycles. The standard InChI is InChI=1S/C15H12ClF2NO2/c16-13-4-2-1-3-11(13)9-19-14(20)10-5-7-12(8-6-10)21-15(17)18/h1-8,15H,9H2,(H,19,20). The third-order valence-electron chi connectivity index (χ3n) is 2.74. The van der Waals surface area contributed by atoms with E-state index in [4.69, 9.17) is 11.6 Å². The maximum absolute atomic E-state index is 12.0. The average molecular weight is 312 g/mol. The van der Waals surface area contributed by atoms with Gasteiger partial charge in [0.25, 0.3) is 5.91 Å². The summed E-state index contributed by atoms with van der Waals surface area (Å²) in [6.07, 6.45) is 0. The smallest absolute Gasteiger partial charge is 0.387 e. The van der Waals surface area contributed by atoms with E-state index >= 15 is 0 Å². The van der Waals surface area contributed by atoms with Crippen molar-refractivity contribution in [3.8, 4) is 5.75 Å². The molecule has 0 aliphatic carbocycles. The minimum atomic E-state index is -2.88. The zero-order chi connectivity index (χ0) is 15.2. The Hall–Kier alpha value is -2.14. The first-order chi connectivity index (χ1) is 10.1. The molecule has 1 amide bonds. The minimum absolute atomic E-state index is 0.00709. The van der Waals surface area contributed by atoms with Gasteiger partial charge >= 0.3 is 6.61 Å². The van der Waals surface area contributed by atoms with Crippen LogP contribution in [-0.4, -0.2) is 12.5 Å². The highest BCUT2D eigenvalue weighted by Gasteiger charge is 2.08. The van der Waals surface area contributed by atoms with Gasteiger partial charge in [-0.1, -0.05) is 29.8 Å². The van der Waals surface area contributed by atoms with Gasteiger partial charge in [0.15, 0.2) is 0 Å². The predicted octanol–water partition coefficient (Wildman–Crippen LogP) is 3.87. The number of nitrogens with one attached hydrogen (secondary N) is 1. The number of halogens is 3. The second-order valence-corrected chi connectivity index (χ2v) is 4.58. The molecule has 0 saturated heterocycles. The van der Waals surface area contributed by atoms with Crippen molar-refractivity contribution in [2.24, 2.45) is 0 Å². The molecule has 2 aromatic carbocycles. The molecule has 3 nitrogen and oxygen atoms in total. The number of carbonyl (C=O) groups is 1. The Balaban J connectivity index is 1.96. The molecule has 0 heterocycles. The van der Waals surface area contributed by atoms with Gasteiger partial charge in [-0.15, -0.1) is 0 Å². The molecule has 0 spiro atoms. The molecule has 6 heteroatoms. The summed E-state index contributed by atoms with van der Waals surface area (Å²) in [5, 5.41) is 3.27. The maximum atomic E-state index is 12.0. The molecule has 21 heavy (non-hydrogen) atoms. The van der Waals surface area contributed by atoms with Crippen LogP contribution in [0.3, 0.4) is 0 Å². The summed E-state index contributed by atoms with van der Waals surface area (Å²) in [5.74, 6) is -0.314. The highest BCUT2D eigenvalue weighted by atomic mass is 35.5. The van der Waals surface area contributed by atoms with E-state index in [1.807, 2.05) is 12.1 Å². The van der Waals surface area contributed by atoms with E-state index < -0.39 is 6.61 Å². The Morgan fingerprint density at radius 1 is 1.14 bits per heavy atom. The van der Waals surface area contributed by atoms with Gasteiger partial charge in [0, 0.05) is 17.1 Å². The number of carbonyl (C=O) groups excluding carboxylic acids is 1. The van der Waals surface area contributed by atoms with Gasteiger partial charge in [0.2, 0.25) is 0 Å². The molecule has 0 atom stereocenters. The van der Waals surface area contributed by atoms with Gasteiger partial charge in [0.05, 0.1) is 0 Å². The Bertz CT molecular complexity index is 617. The molecular formula is C15H12ClF2NO2. The normalized spacial score (nSPS) is 10.5. The van der Waals surface area contributed by atoms with E-state index in [-0.39, 0.29) is 18.2 Å². The van der Waals surface area contributed by atoms with E-state index in [0.717, 1.165) is 5.56 Å². The summed E-state index contributed by atoms with van der Waals surface area (Å²) in [5.41, 5.74) is 1.15. The average Bonchev–Trinajstić information content (AvgIpc) is 2.46. The minimum Gasteiger partial charge on any atom is -0.435 e.